The SMILES string of the molecule is C=CC(=O)OCCCCCCOc1ccc(-c2ccc(C3CCC(CCC(=O)O)CC3)cc2)cc1. The first-order chi connectivity index (χ1) is 17.0. The molecule has 0 aromatic heterocycles. The van der Waals surface area contributed by atoms with E-state index in [1.807, 2.05) is 12.1 Å². The fourth-order valence-corrected chi connectivity index (χ4v) is 4.78. The van der Waals surface area contributed by atoms with Crippen LogP contribution in [0.1, 0.15) is 75.7 Å². The number of carboxylic acids is 1. The number of benzene rings is 2. The van der Waals surface area contributed by atoms with E-state index in [1.54, 1.807) is 0 Å². The number of aliphatic carboxylic acids is 1. The lowest BCUT2D eigenvalue weighted by molar-refractivity contribution is -0.138. The smallest absolute Gasteiger partial charge is 0.330 e. The highest BCUT2D eigenvalue weighted by Gasteiger charge is 2.22. The summed E-state index contributed by atoms with van der Waals surface area (Å²) in [6.07, 6.45) is 10.8. The molecule has 0 heterocycles. The molecule has 0 unspecified atom stereocenters. The van der Waals surface area contributed by atoms with Gasteiger partial charge in [-0.25, -0.2) is 4.79 Å². The molecule has 1 aliphatic rings. The number of unbranched alkanes of at least 4 members (excludes halogenated alkanes) is 3. The van der Waals surface area contributed by atoms with Crippen molar-refractivity contribution in [1.82, 2.24) is 0 Å². The van der Waals surface area contributed by atoms with Gasteiger partial charge in [0.2, 0.25) is 0 Å². The molecule has 188 valence electrons. The molecule has 1 aliphatic carbocycles. The van der Waals surface area contributed by atoms with Crippen LogP contribution < -0.4 is 4.74 Å². The Kier molecular flexibility index (Phi) is 10.9. The summed E-state index contributed by atoms with van der Waals surface area (Å²) in [5.41, 5.74) is 3.77. The van der Waals surface area contributed by atoms with Crippen LogP contribution in [0.5, 0.6) is 5.75 Å². The van der Waals surface area contributed by atoms with Gasteiger partial charge in [0, 0.05) is 12.5 Å². The molecule has 0 amide bonds. The molecule has 2 aromatic rings. The van der Waals surface area contributed by atoms with Crippen molar-refractivity contribution in [3.05, 3.63) is 66.7 Å². The van der Waals surface area contributed by atoms with Gasteiger partial charge in [-0.05, 0) is 98.4 Å². The molecule has 1 saturated carbocycles. The zero-order chi connectivity index (χ0) is 24.9. The summed E-state index contributed by atoms with van der Waals surface area (Å²) < 4.78 is 10.8. The van der Waals surface area contributed by atoms with Crippen LogP contribution in [0.3, 0.4) is 0 Å². The molecular weight excluding hydrogens is 440 g/mol. The Balaban J connectivity index is 1.36. The molecule has 0 aliphatic heterocycles. The van der Waals surface area contributed by atoms with Gasteiger partial charge in [-0.1, -0.05) is 43.0 Å². The van der Waals surface area contributed by atoms with Crippen molar-refractivity contribution in [2.45, 2.75) is 70.1 Å². The van der Waals surface area contributed by atoms with Gasteiger partial charge in [0.25, 0.3) is 0 Å². The normalized spacial score (nSPS) is 17.5. The Bertz CT molecular complexity index is 924. The third-order valence-electron chi connectivity index (χ3n) is 6.90. The largest absolute Gasteiger partial charge is 0.494 e. The lowest BCUT2D eigenvalue weighted by atomic mass is 9.77. The van der Waals surface area contributed by atoms with E-state index in [0.29, 0.717) is 31.5 Å². The standard InChI is InChI=1S/C30H38O5/c1-2-30(33)35-22-6-4-3-5-21-34-28-18-16-27(17-19-28)26-14-12-25(13-15-26)24-10-7-23(8-11-24)9-20-29(31)32/h2,12-19,23-24H,1,3-11,20-22H2,(H,31,32). The summed E-state index contributed by atoms with van der Waals surface area (Å²) in [5, 5.41) is 8.89. The maximum absolute atomic E-state index is 11.0. The highest BCUT2D eigenvalue weighted by molar-refractivity contribution is 5.81. The molecule has 2 aromatic carbocycles. The maximum Gasteiger partial charge on any atom is 0.330 e. The number of esters is 1. The van der Waals surface area contributed by atoms with E-state index in [2.05, 4.69) is 43.0 Å². The van der Waals surface area contributed by atoms with Crippen LogP contribution in [-0.4, -0.2) is 30.3 Å². The van der Waals surface area contributed by atoms with Crippen LogP contribution >= 0.6 is 0 Å². The third-order valence-corrected chi connectivity index (χ3v) is 6.90. The highest BCUT2D eigenvalue weighted by Crippen LogP contribution is 2.38. The molecule has 0 radical (unpaired) electrons. The first-order valence-electron chi connectivity index (χ1n) is 12.9. The zero-order valence-electron chi connectivity index (χ0n) is 20.6. The predicted octanol–water partition coefficient (Wildman–Crippen LogP) is 7.16. The summed E-state index contributed by atoms with van der Waals surface area (Å²) >= 11 is 0. The van der Waals surface area contributed by atoms with Crippen molar-refractivity contribution in [1.29, 1.82) is 0 Å². The maximum atomic E-state index is 11.0. The Morgan fingerprint density at radius 1 is 0.857 bits per heavy atom. The lowest BCUT2D eigenvalue weighted by Gasteiger charge is -2.28. The van der Waals surface area contributed by atoms with Crippen molar-refractivity contribution in [3.63, 3.8) is 0 Å². The van der Waals surface area contributed by atoms with E-state index in [-0.39, 0.29) is 5.97 Å². The molecule has 0 spiro atoms. The van der Waals surface area contributed by atoms with Crippen LogP contribution in [-0.2, 0) is 14.3 Å². The van der Waals surface area contributed by atoms with E-state index >= 15 is 0 Å². The monoisotopic (exact) mass is 478 g/mol. The molecule has 0 saturated heterocycles. The van der Waals surface area contributed by atoms with E-state index < -0.39 is 5.97 Å². The van der Waals surface area contributed by atoms with Crippen molar-refractivity contribution in [2.24, 2.45) is 5.92 Å². The van der Waals surface area contributed by atoms with Gasteiger partial charge in [0.15, 0.2) is 0 Å². The second kappa shape index (κ2) is 14.3. The fraction of sp³-hybridized carbons (Fsp3) is 0.467. The number of hydrogen-bond donors (Lipinski definition) is 1. The first kappa shape index (κ1) is 26.5. The highest BCUT2D eigenvalue weighted by atomic mass is 16.5. The number of carboxylic acid groups (broad SMARTS) is 1. The van der Waals surface area contributed by atoms with E-state index in [0.717, 1.165) is 63.5 Å². The Hall–Kier alpha value is -3.08. The van der Waals surface area contributed by atoms with Crippen molar-refractivity contribution in [2.75, 3.05) is 13.2 Å². The third kappa shape index (κ3) is 9.23. The second-order valence-electron chi connectivity index (χ2n) is 9.43. The topological polar surface area (TPSA) is 72.8 Å². The minimum atomic E-state index is -0.681. The molecule has 1 N–H and O–H groups in total. The van der Waals surface area contributed by atoms with Crippen molar-refractivity contribution >= 4 is 11.9 Å². The van der Waals surface area contributed by atoms with Gasteiger partial charge >= 0.3 is 11.9 Å². The Morgan fingerprint density at radius 3 is 2.06 bits per heavy atom. The average Bonchev–Trinajstić information content (AvgIpc) is 2.89. The summed E-state index contributed by atoms with van der Waals surface area (Å²) in [4.78, 5) is 21.8. The van der Waals surface area contributed by atoms with Crippen LogP contribution in [0.25, 0.3) is 11.1 Å². The van der Waals surface area contributed by atoms with Crippen LogP contribution in [0.15, 0.2) is 61.2 Å². The molecule has 35 heavy (non-hydrogen) atoms. The Labute approximate surface area is 209 Å². The van der Waals surface area contributed by atoms with Gasteiger partial charge in [-0.2, -0.15) is 0 Å². The molecule has 0 atom stereocenters. The Morgan fingerprint density at radius 2 is 1.46 bits per heavy atom. The predicted molar refractivity (Wildman–Crippen MR) is 139 cm³/mol. The van der Waals surface area contributed by atoms with Gasteiger partial charge in [-0.3, -0.25) is 4.79 Å². The molecule has 3 rings (SSSR count). The van der Waals surface area contributed by atoms with Gasteiger partial charge in [0.1, 0.15) is 5.75 Å². The van der Waals surface area contributed by atoms with Gasteiger partial charge < -0.3 is 14.6 Å². The van der Waals surface area contributed by atoms with Crippen molar-refractivity contribution in [3.8, 4) is 16.9 Å². The zero-order valence-corrected chi connectivity index (χ0v) is 20.6. The summed E-state index contributed by atoms with van der Waals surface area (Å²) in [7, 11) is 0. The molecule has 5 heteroatoms. The number of carbonyl (C=O) groups is 2. The van der Waals surface area contributed by atoms with E-state index in [9.17, 15) is 9.59 Å². The summed E-state index contributed by atoms with van der Waals surface area (Å²) in [5.74, 6) is 0.991. The fourth-order valence-electron chi connectivity index (χ4n) is 4.78. The minimum absolute atomic E-state index is 0.296. The van der Waals surface area contributed by atoms with Crippen LogP contribution in [0.4, 0.5) is 0 Å². The number of ether oxygens (including phenoxy) is 2. The molecule has 0 bridgehead atoms. The first-order valence-corrected chi connectivity index (χ1v) is 12.9. The second-order valence-corrected chi connectivity index (χ2v) is 9.43. The van der Waals surface area contributed by atoms with Crippen molar-refractivity contribution < 1.29 is 24.2 Å². The van der Waals surface area contributed by atoms with Gasteiger partial charge in [0.05, 0.1) is 13.2 Å². The molecular formula is C30H38O5. The number of hydrogen-bond acceptors (Lipinski definition) is 4. The van der Waals surface area contributed by atoms with Gasteiger partial charge in [-0.15, -0.1) is 0 Å². The number of rotatable bonds is 14. The summed E-state index contributed by atoms with van der Waals surface area (Å²) in [6.45, 7) is 4.51. The number of carbonyl (C=O) groups excluding carboxylic acids is 1. The van der Waals surface area contributed by atoms with Crippen LogP contribution in [0.2, 0.25) is 0 Å². The van der Waals surface area contributed by atoms with Crippen LogP contribution in [0, 0.1) is 5.92 Å². The van der Waals surface area contributed by atoms with E-state index in [1.165, 1.54) is 22.8 Å². The summed E-state index contributed by atoms with van der Waals surface area (Å²) in [6, 6.07) is 17.2. The minimum Gasteiger partial charge on any atom is -0.494 e. The van der Waals surface area contributed by atoms with E-state index in [4.69, 9.17) is 14.6 Å². The quantitative estimate of drug-likeness (QED) is 0.177. The lowest BCUT2D eigenvalue weighted by Crippen LogP contribution is -2.14. The molecule has 5 nitrogen and oxygen atoms in total. The average molecular weight is 479 g/mol. The molecule has 1 fully saturated rings.